The standard InChI is InChI=1S/C13H15N3O6/c1-2-7-21-9-10-22-8-6-14-13-11(15(17)18)4-3-5-12(13)16(19)20/h1,3-5,14H,6-10H2. The fourth-order valence-corrected chi connectivity index (χ4v) is 1.61. The zero-order valence-corrected chi connectivity index (χ0v) is 11.7. The molecule has 0 aromatic heterocycles. The Labute approximate surface area is 126 Å². The summed E-state index contributed by atoms with van der Waals surface area (Å²) in [6, 6.07) is 3.66. The molecule has 1 rings (SSSR count). The van der Waals surface area contributed by atoms with Gasteiger partial charge in [0.25, 0.3) is 11.4 Å². The molecule has 1 N–H and O–H groups in total. The third-order valence-electron chi connectivity index (χ3n) is 2.52. The normalized spacial score (nSPS) is 9.95. The average molecular weight is 309 g/mol. The van der Waals surface area contributed by atoms with Gasteiger partial charge in [0, 0.05) is 18.7 Å². The zero-order chi connectivity index (χ0) is 16.4. The fourth-order valence-electron chi connectivity index (χ4n) is 1.61. The summed E-state index contributed by atoms with van der Waals surface area (Å²) in [5.41, 5.74) is -0.845. The van der Waals surface area contributed by atoms with E-state index in [2.05, 4.69) is 11.2 Å². The number of benzene rings is 1. The molecule has 0 aliphatic rings. The lowest BCUT2D eigenvalue weighted by atomic mass is 10.2. The summed E-state index contributed by atoms with van der Waals surface area (Å²) >= 11 is 0. The highest BCUT2D eigenvalue weighted by atomic mass is 16.6. The Bertz CT molecular complexity index is 537. The summed E-state index contributed by atoms with van der Waals surface area (Å²) < 4.78 is 10.2. The van der Waals surface area contributed by atoms with Crippen LogP contribution in [0.5, 0.6) is 0 Å². The number of nitro benzene ring substituents is 2. The van der Waals surface area contributed by atoms with Gasteiger partial charge in [0.05, 0.1) is 29.7 Å². The molecule has 9 nitrogen and oxygen atoms in total. The number of nitrogens with zero attached hydrogens (tertiary/aromatic N) is 2. The molecule has 1 aromatic rings. The van der Waals surface area contributed by atoms with E-state index in [4.69, 9.17) is 15.9 Å². The van der Waals surface area contributed by atoms with Crippen molar-refractivity contribution in [3.8, 4) is 12.3 Å². The van der Waals surface area contributed by atoms with Gasteiger partial charge >= 0.3 is 0 Å². The van der Waals surface area contributed by atoms with Gasteiger partial charge in [-0.1, -0.05) is 5.92 Å². The molecular formula is C13H15N3O6. The van der Waals surface area contributed by atoms with E-state index in [1.807, 2.05) is 0 Å². The number of ether oxygens (including phenoxy) is 2. The molecule has 0 bridgehead atoms. The van der Waals surface area contributed by atoms with Crippen LogP contribution in [0.3, 0.4) is 0 Å². The van der Waals surface area contributed by atoms with Crippen molar-refractivity contribution in [2.75, 3.05) is 38.3 Å². The van der Waals surface area contributed by atoms with Gasteiger partial charge in [-0.3, -0.25) is 20.2 Å². The SMILES string of the molecule is C#CCOCCOCCNc1c([N+](=O)[O-])cccc1[N+](=O)[O-]. The molecule has 0 aliphatic carbocycles. The van der Waals surface area contributed by atoms with Crippen LogP contribution < -0.4 is 5.32 Å². The van der Waals surface area contributed by atoms with E-state index in [1.165, 1.54) is 18.2 Å². The van der Waals surface area contributed by atoms with Gasteiger partial charge in [0.15, 0.2) is 5.69 Å². The lowest BCUT2D eigenvalue weighted by molar-refractivity contribution is -0.392. The summed E-state index contributed by atoms with van der Waals surface area (Å²) in [4.78, 5) is 20.5. The quantitative estimate of drug-likeness (QED) is 0.302. The first-order valence-electron chi connectivity index (χ1n) is 6.32. The van der Waals surface area contributed by atoms with E-state index in [1.54, 1.807) is 0 Å². The summed E-state index contributed by atoms with van der Waals surface area (Å²) in [6.07, 6.45) is 5.00. The highest BCUT2D eigenvalue weighted by Gasteiger charge is 2.23. The molecule has 22 heavy (non-hydrogen) atoms. The van der Waals surface area contributed by atoms with Crippen LogP contribution in [0.1, 0.15) is 0 Å². The number of nitrogens with one attached hydrogen (secondary N) is 1. The Kier molecular flexibility index (Phi) is 7.32. The molecule has 0 atom stereocenters. The van der Waals surface area contributed by atoms with Crippen LogP contribution >= 0.6 is 0 Å². The second kappa shape index (κ2) is 9.28. The number of hydrogen-bond acceptors (Lipinski definition) is 7. The van der Waals surface area contributed by atoms with E-state index in [0.717, 1.165) is 0 Å². The minimum absolute atomic E-state index is 0.135. The maximum absolute atomic E-state index is 10.9. The van der Waals surface area contributed by atoms with Crippen molar-refractivity contribution >= 4 is 17.1 Å². The molecule has 0 fully saturated rings. The van der Waals surface area contributed by atoms with Crippen LogP contribution in [-0.4, -0.2) is 42.8 Å². The minimum Gasteiger partial charge on any atom is -0.377 e. The van der Waals surface area contributed by atoms with Crippen LogP contribution in [0.2, 0.25) is 0 Å². The predicted octanol–water partition coefficient (Wildman–Crippen LogP) is 1.58. The third-order valence-corrected chi connectivity index (χ3v) is 2.52. The van der Waals surface area contributed by atoms with Crippen molar-refractivity contribution in [1.29, 1.82) is 0 Å². The largest absolute Gasteiger partial charge is 0.377 e. The van der Waals surface area contributed by atoms with Crippen LogP contribution in [0.15, 0.2) is 18.2 Å². The predicted molar refractivity (Wildman–Crippen MR) is 78.7 cm³/mol. The molecule has 0 saturated carbocycles. The topological polar surface area (TPSA) is 117 Å². The van der Waals surface area contributed by atoms with Gasteiger partial charge in [-0.05, 0) is 6.07 Å². The number of rotatable bonds is 10. The maximum atomic E-state index is 10.9. The molecule has 0 spiro atoms. The Morgan fingerprint density at radius 1 is 1.09 bits per heavy atom. The summed E-state index contributed by atoms with van der Waals surface area (Å²) in [6.45, 7) is 1.23. The number of hydrogen-bond donors (Lipinski definition) is 1. The smallest absolute Gasteiger partial charge is 0.299 e. The summed E-state index contributed by atoms with van der Waals surface area (Å²) in [7, 11) is 0. The third kappa shape index (κ3) is 5.35. The molecule has 0 unspecified atom stereocenters. The molecule has 0 radical (unpaired) electrons. The molecule has 118 valence electrons. The second-order valence-corrected chi connectivity index (χ2v) is 3.98. The van der Waals surface area contributed by atoms with E-state index < -0.39 is 9.85 Å². The Hall–Kier alpha value is -2.70. The van der Waals surface area contributed by atoms with Crippen molar-refractivity contribution in [2.45, 2.75) is 0 Å². The maximum Gasteiger partial charge on any atom is 0.299 e. The highest BCUT2D eigenvalue weighted by Crippen LogP contribution is 2.33. The lowest BCUT2D eigenvalue weighted by Gasteiger charge is -2.08. The van der Waals surface area contributed by atoms with Crippen LogP contribution in [0, 0.1) is 32.6 Å². The average Bonchev–Trinajstić information content (AvgIpc) is 2.49. The molecule has 0 heterocycles. The zero-order valence-electron chi connectivity index (χ0n) is 11.7. The van der Waals surface area contributed by atoms with Crippen molar-refractivity contribution in [2.24, 2.45) is 0 Å². The van der Waals surface area contributed by atoms with E-state index in [-0.39, 0.29) is 36.8 Å². The number of para-hydroxylation sites is 1. The minimum atomic E-state index is -0.677. The molecule has 0 aliphatic heterocycles. The molecular weight excluding hydrogens is 294 g/mol. The van der Waals surface area contributed by atoms with Gasteiger partial charge in [0.2, 0.25) is 0 Å². The van der Waals surface area contributed by atoms with Crippen LogP contribution in [0.25, 0.3) is 0 Å². The molecule has 9 heteroatoms. The van der Waals surface area contributed by atoms with E-state index in [9.17, 15) is 20.2 Å². The Morgan fingerprint density at radius 3 is 2.23 bits per heavy atom. The Balaban J connectivity index is 2.53. The molecule has 1 aromatic carbocycles. The van der Waals surface area contributed by atoms with Crippen LogP contribution in [0.4, 0.5) is 17.1 Å². The first kappa shape index (κ1) is 17.4. The van der Waals surface area contributed by atoms with E-state index in [0.29, 0.717) is 13.2 Å². The van der Waals surface area contributed by atoms with Crippen molar-refractivity contribution in [1.82, 2.24) is 0 Å². The molecule has 0 amide bonds. The van der Waals surface area contributed by atoms with Crippen LogP contribution in [-0.2, 0) is 9.47 Å². The second-order valence-electron chi connectivity index (χ2n) is 3.98. The Morgan fingerprint density at radius 2 is 1.68 bits per heavy atom. The summed E-state index contributed by atoms with van der Waals surface area (Å²) in [5, 5.41) is 24.5. The first-order chi connectivity index (χ1) is 10.6. The van der Waals surface area contributed by atoms with Gasteiger partial charge in [-0.2, -0.15) is 0 Å². The lowest BCUT2D eigenvalue weighted by Crippen LogP contribution is -2.14. The van der Waals surface area contributed by atoms with Gasteiger partial charge in [-0.15, -0.1) is 6.42 Å². The first-order valence-corrected chi connectivity index (χ1v) is 6.32. The van der Waals surface area contributed by atoms with Gasteiger partial charge in [0.1, 0.15) is 6.61 Å². The number of nitro groups is 2. The fraction of sp³-hybridized carbons (Fsp3) is 0.385. The van der Waals surface area contributed by atoms with Crippen molar-refractivity contribution < 1.29 is 19.3 Å². The van der Waals surface area contributed by atoms with Crippen molar-refractivity contribution in [3.05, 3.63) is 38.4 Å². The number of terminal acetylenes is 1. The van der Waals surface area contributed by atoms with E-state index >= 15 is 0 Å². The van der Waals surface area contributed by atoms with Gasteiger partial charge in [-0.25, -0.2) is 0 Å². The van der Waals surface area contributed by atoms with Crippen molar-refractivity contribution in [3.63, 3.8) is 0 Å². The summed E-state index contributed by atoms with van der Waals surface area (Å²) in [5.74, 6) is 2.31. The number of anilines is 1. The monoisotopic (exact) mass is 309 g/mol. The highest BCUT2D eigenvalue weighted by molar-refractivity contribution is 5.73. The van der Waals surface area contributed by atoms with Gasteiger partial charge < -0.3 is 14.8 Å². The molecule has 0 saturated heterocycles.